The van der Waals surface area contributed by atoms with Crippen LogP contribution in [0.25, 0.3) is 0 Å². The third-order valence-corrected chi connectivity index (χ3v) is 0.893. The van der Waals surface area contributed by atoms with E-state index in [1.54, 1.807) is 0 Å². The van der Waals surface area contributed by atoms with Crippen LogP contribution in [0.5, 0.6) is 0 Å². The SMILES string of the molecule is N[C@@H](CO)C(=O)NCC=O. The van der Waals surface area contributed by atoms with Crippen LogP contribution < -0.4 is 11.1 Å². The fraction of sp³-hybridized carbons (Fsp3) is 0.600. The maximum atomic E-state index is 10.6. The Bertz CT molecular complexity index is 126. The summed E-state index contributed by atoms with van der Waals surface area (Å²) < 4.78 is 0. The quantitative estimate of drug-likeness (QED) is 0.386. The summed E-state index contributed by atoms with van der Waals surface area (Å²) in [4.78, 5) is 20.3. The van der Waals surface area contributed by atoms with E-state index in [4.69, 9.17) is 10.8 Å². The van der Waals surface area contributed by atoms with Gasteiger partial charge in [0.1, 0.15) is 12.3 Å². The van der Waals surface area contributed by atoms with Gasteiger partial charge in [0.15, 0.2) is 0 Å². The zero-order valence-electron chi connectivity index (χ0n) is 5.41. The van der Waals surface area contributed by atoms with Crippen LogP contribution in [0, 0.1) is 0 Å². The normalized spacial score (nSPS) is 12.2. The molecular weight excluding hydrogens is 136 g/mol. The molecule has 10 heavy (non-hydrogen) atoms. The molecule has 0 aromatic carbocycles. The Hall–Kier alpha value is -0.940. The van der Waals surface area contributed by atoms with E-state index in [1.165, 1.54) is 0 Å². The minimum atomic E-state index is -0.931. The van der Waals surface area contributed by atoms with Crippen LogP contribution in [0.3, 0.4) is 0 Å². The summed E-state index contributed by atoms with van der Waals surface area (Å²) >= 11 is 0. The molecule has 0 aliphatic carbocycles. The fourth-order valence-electron chi connectivity index (χ4n) is 0.356. The number of carbonyl (C=O) groups is 2. The smallest absolute Gasteiger partial charge is 0.239 e. The fourth-order valence-corrected chi connectivity index (χ4v) is 0.356. The van der Waals surface area contributed by atoms with Crippen molar-refractivity contribution in [3.63, 3.8) is 0 Å². The van der Waals surface area contributed by atoms with E-state index >= 15 is 0 Å². The number of hydrogen-bond acceptors (Lipinski definition) is 4. The van der Waals surface area contributed by atoms with Crippen molar-refractivity contribution in [1.82, 2.24) is 5.32 Å². The standard InChI is InChI=1S/C5H10N2O3/c6-4(3-9)5(10)7-1-2-8/h2,4,9H,1,3,6H2,(H,7,10)/t4-/m0/s1. The van der Waals surface area contributed by atoms with Gasteiger partial charge in [0, 0.05) is 0 Å². The van der Waals surface area contributed by atoms with Crippen molar-refractivity contribution in [1.29, 1.82) is 0 Å². The summed E-state index contributed by atoms with van der Waals surface area (Å²) in [5.74, 6) is -0.519. The van der Waals surface area contributed by atoms with Crippen LogP contribution in [0.2, 0.25) is 0 Å². The predicted molar refractivity (Wildman–Crippen MR) is 34.1 cm³/mol. The van der Waals surface area contributed by atoms with Crippen molar-refractivity contribution in [3.05, 3.63) is 0 Å². The van der Waals surface area contributed by atoms with Gasteiger partial charge in [0.2, 0.25) is 5.91 Å². The number of carbonyl (C=O) groups excluding carboxylic acids is 2. The molecule has 0 aromatic heterocycles. The first-order chi connectivity index (χ1) is 4.72. The number of nitrogens with two attached hydrogens (primary N) is 1. The Labute approximate surface area is 58.2 Å². The number of aliphatic hydroxyl groups excluding tert-OH is 1. The lowest BCUT2D eigenvalue weighted by atomic mass is 10.3. The highest BCUT2D eigenvalue weighted by molar-refractivity contribution is 5.83. The Balaban J connectivity index is 3.51. The summed E-state index contributed by atoms with van der Waals surface area (Å²) in [5, 5.41) is 10.5. The van der Waals surface area contributed by atoms with E-state index in [-0.39, 0.29) is 6.54 Å². The Morgan fingerprint density at radius 3 is 2.80 bits per heavy atom. The lowest BCUT2D eigenvalue weighted by Gasteiger charge is -2.05. The Morgan fingerprint density at radius 1 is 1.80 bits per heavy atom. The maximum Gasteiger partial charge on any atom is 0.239 e. The highest BCUT2D eigenvalue weighted by Gasteiger charge is 2.09. The molecular formula is C5H10N2O3. The number of nitrogens with one attached hydrogen (secondary N) is 1. The van der Waals surface area contributed by atoms with Crippen LogP contribution in [0.1, 0.15) is 0 Å². The van der Waals surface area contributed by atoms with Crippen molar-refractivity contribution < 1.29 is 14.7 Å². The molecule has 58 valence electrons. The van der Waals surface area contributed by atoms with Gasteiger partial charge in [-0.1, -0.05) is 0 Å². The van der Waals surface area contributed by atoms with Gasteiger partial charge in [-0.05, 0) is 0 Å². The number of aliphatic hydroxyl groups is 1. The summed E-state index contributed by atoms with van der Waals surface area (Å²) in [5.41, 5.74) is 5.08. The largest absolute Gasteiger partial charge is 0.394 e. The lowest BCUT2D eigenvalue weighted by Crippen LogP contribution is -2.43. The number of aldehydes is 1. The molecule has 0 saturated heterocycles. The minimum Gasteiger partial charge on any atom is -0.394 e. The van der Waals surface area contributed by atoms with Crippen LogP contribution in [0.15, 0.2) is 0 Å². The van der Waals surface area contributed by atoms with Gasteiger partial charge in [0.25, 0.3) is 0 Å². The van der Waals surface area contributed by atoms with Crippen molar-refractivity contribution >= 4 is 12.2 Å². The molecule has 0 aliphatic rings. The molecule has 0 saturated carbocycles. The second-order valence-corrected chi connectivity index (χ2v) is 1.70. The number of amides is 1. The first-order valence-corrected chi connectivity index (χ1v) is 2.80. The molecule has 1 atom stereocenters. The van der Waals surface area contributed by atoms with Gasteiger partial charge >= 0.3 is 0 Å². The van der Waals surface area contributed by atoms with Crippen LogP contribution in [0.4, 0.5) is 0 Å². The second-order valence-electron chi connectivity index (χ2n) is 1.70. The van der Waals surface area contributed by atoms with E-state index in [0.717, 1.165) is 0 Å². The molecule has 0 aromatic rings. The van der Waals surface area contributed by atoms with E-state index < -0.39 is 18.6 Å². The third kappa shape index (κ3) is 3.16. The molecule has 0 aliphatic heterocycles. The van der Waals surface area contributed by atoms with E-state index in [9.17, 15) is 9.59 Å². The summed E-state index contributed by atoms with van der Waals surface area (Å²) in [6, 6.07) is -0.931. The highest BCUT2D eigenvalue weighted by Crippen LogP contribution is 1.73. The average molecular weight is 146 g/mol. The third-order valence-electron chi connectivity index (χ3n) is 0.893. The first-order valence-electron chi connectivity index (χ1n) is 2.80. The van der Waals surface area contributed by atoms with Crippen LogP contribution >= 0.6 is 0 Å². The van der Waals surface area contributed by atoms with Gasteiger partial charge in [0.05, 0.1) is 13.2 Å². The van der Waals surface area contributed by atoms with E-state index in [0.29, 0.717) is 6.29 Å². The first kappa shape index (κ1) is 9.06. The molecule has 0 heterocycles. The zero-order valence-corrected chi connectivity index (χ0v) is 5.41. The van der Waals surface area contributed by atoms with Gasteiger partial charge in [-0.25, -0.2) is 0 Å². The predicted octanol–water partition coefficient (Wildman–Crippen LogP) is -2.38. The summed E-state index contributed by atoms with van der Waals surface area (Å²) in [7, 11) is 0. The van der Waals surface area contributed by atoms with Crippen molar-refractivity contribution in [3.8, 4) is 0 Å². The molecule has 0 radical (unpaired) electrons. The van der Waals surface area contributed by atoms with Gasteiger partial charge in [-0.3, -0.25) is 4.79 Å². The topological polar surface area (TPSA) is 92.4 Å². The Morgan fingerprint density at radius 2 is 2.40 bits per heavy atom. The van der Waals surface area contributed by atoms with Crippen molar-refractivity contribution in [2.24, 2.45) is 5.73 Å². The molecule has 0 unspecified atom stereocenters. The van der Waals surface area contributed by atoms with Crippen molar-refractivity contribution in [2.45, 2.75) is 6.04 Å². The molecule has 0 fully saturated rings. The number of rotatable bonds is 4. The average Bonchev–Trinajstić information content (AvgIpc) is 1.98. The summed E-state index contributed by atoms with van der Waals surface area (Å²) in [6.45, 7) is -0.475. The molecule has 0 rings (SSSR count). The Kier molecular flexibility index (Phi) is 4.43. The second kappa shape index (κ2) is 4.89. The number of hydrogen-bond donors (Lipinski definition) is 3. The monoisotopic (exact) mass is 146 g/mol. The molecule has 4 N–H and O–H groups in total. The van der Waals surface area contributed by atoms with E-state index in [1.807, 2.05) is 0 Å². The molecule has 0 spiro atoms. The van der Waals surface area contributed by atoms with Gasteiger partial charge in [-0.2, -0.15) is 0 Å². The molecule has 5 nitrogen and oxygen atoms in total. The zero-order chi connectivity index (χ0) is 7.98. The van der Waals surface area contributed by atoms with Gasteiger partial charge < -0.3 is 21.0 Å². The maximum absolute atomic E-state index is 10.6. The molecule has 0 bridgehead atoms. The van der Waals surface area contributed by atoms with Crippen LogP contribution in [-0.2, 0) is 9.59 Å². The highest BCUT2D eigenvalue weighted by atomic mass is 16.3. The minimum absolute atomic E-state index is 0.0630. The lowest BCUT2D eigenvalue weighted by molar-refractivity contribution is -0.124. The van der Waals surface area contributed by atoms with Crippen LogP contribution in [-0.4, -0.2) is 36.5 Å². The molecule has 1 amide bonds. The van der Waals surface area contributed by atoms with Gasteiger partial charge in [-0.15, -0.1) is 0 Å². The van der Waals surface area contributed by atoms with E-state index in [2.05, 4.69) is 5.32 Å². The summed E-state index contributed by atoms with van der Waals surface area (Å²) in [6.07, 6.45) is 0.544. The van der Waals surface area contributed by atoms with Crippen molar-refractivity contribution in [2.75, 3.05) is 13.2 Å². The molecule has 5 heteroatoms.